The molecule has 4 N–H and O–H groups in total. The number of carbonyl (C=O) groups excluding carboxylic acids is 4. The second-order valence-electron chi connectivity index (χ2n) is 40.0. The Morgan fingerprint density at radius 1 is 0.487 bits per heavy atom. The van der Waals surface area contributed by atoms with Gasteiger partial charge in [0.1, 0.15) is 6.54 Å². The van der Waals surface area contributed by atoms with Crippen molar-refractivity contribution in [2.45, 2.75) is 229 Å². The highest BCUT2D eigenvalue weighted by atomic mass is 16.5. The summed E-state index contributed by atoms with van der Waals surface area (Å²) in [6.45, 7) is 58.1. The van der Waals surface area contributed by atoms with Crippen molar-refractivity contribution in [3.8, 4) is 0 Å². The van der Waals surface area contributed by atoms with Crippen LogP contribution in [0.4, 0.5) is 11.4 Å². The minimum absolute atomic E-state index is 0.0197. The highest BCUT2D eigenvalue weighted by Gasteiger charge is 2.31. The number of anilines is 2. The maximum atomic E-state index is 12.5. The number of H-pyrrole nitrogens is 1. The van der Waals surface area contributed by atoms with E-state index in [0.717, 1.165) is 57.9 Å². The minimum Gasteiger partial charge on any atom is -0.462 e. The number of nitrogens with zero attached hydrogens (tertiary/aromatic N) is 5. The molecule has 0 saturated heterocycles. The molecule has 0 aliphatic carbocycles. The maximum Gasteiger partial charge on any atom is 0.340 e. The van der Waals surface area contributed by atoms with Gasteiger partial charge in [-0.05, 0) is 191 Å². The molecular formula is C105H137N9O5. The predicted octanol–water partition coefficient (Wildman–Crippen LogP) is 24.6. The first-order valence-electron chi connectivity index (χ1n) is 42.4. The number of aromatic nitrogens is 5. The topological polar surface area (TPSA) is 152 Å². The van der Waals surface area contributed by atoms with Gasteiger partial charge in [0.05, 0.1) is 35.3 Å². The Morgan fingerprint density at radius 3 is 1.46 bits per heavy atom. The lowest BCUT2D eigenvalue weighted by Gasteiger charge is -2.22. The normalized spacial score (nSPS) is 13.1. The predicted molar refractivity (Wildman–Crippen MR) is 505 cm³/mol. The average Bonchev–Trinajstić information content (AvgIpc) is 1.74. The van der Waals surface area contributed by atoms with Gasteiger partial charge in [0.25, 0.3) is 5.91 Å². The first-order chi connectivity index (χ1) is 55.5. The van der Waals surface area contributed by atoms with Gasteiger partial charge in [-0.25, -0.2) is 4.79 Å². The van der Waals surface area contributed by atoms with Gasteiger partial charge in [-0.3, -0.25) is 23.5 Å². The number of ether oxygens (including phenoxy) is 1. The summed E-state index contributed by atoms with van der Waals surface area (Å²) in [5, 5.41) is 15.5. The Bertz CT molecular complexity index is 5660. The molecule has 5 aromatic heterocycles. The SMILES string of the molecule is CC(=O)n1ccc2ccc(C(C)(C)C)cc21.CC(C)(C)c1ccc2c(c1)NCC2.CC(C)(C)c1ccc2c(c1)NCC2(C)C.CC(C)(C)c1ccc2ccn(Cc3ccccc3)c2c1.CCOC(=O)c1c(C(C)(C)C)ccc2cc[nH]c12.CNCC(=O)N(C)CC(=O)n1ccc2ccc(C(C)(C)C)cc21.Cn1ccc2ccc(C(C)(C)C)cc21. The summed E-state index contributed by atoms with van der Waals surface area (Å²) in [6.07, 6.45) is 10.9. The standard InChI is InChI=1S/C19H21N.C18H25N3O2.C15H19NO2.C14H17NO.C14H21N.C13H17N.C12H17N/c1-19(2,3)17-10-9-16-11-12-20(18(16)13-17)14-15-7-5-4-6-8-15;1-18(2,3)14-7-6-13-8-9-21(15(13)10-14)17(23)12-20(5)16(22)11-19-4;1-5-18-14(17)12-11(15(2,3)4)7-6-10-8-9-16-13(10)12;1-10(16)15-8-7-11-5-6-12(9-13(11)15)14(2,3)4;1-13(2,3)10-6-7-11-12(8-10)15-9-14(11,4)5;1-13(2,3)11-6-5-10-7-8-14(4)12(10)9-11;1-12(2,3)10-5-4-9-6-7-13-11(9)8-10/h4-13H,14H2,1-3H3;6-10,19H,11-12H2,1-5H3;6-9,16H,5H2,1-4H3;5-9H,1-4H3;6-8,15H,9H2,1-5H3;5-9H,1-4H3;4-5,8,13H,6-7H2,1-3H3. The van der Waals surface area contributed by atoms with Crippen LogP contribution in [-0.4, -0.2) is 98.7 Å². The zero-order chi connectivity index (χ0) is 87.7. The fourth-order valence-electron chi connectivity index (χ4n) is 14.7. The molecular weight excluding hydrogens is 1470 g/mol. The molecule has 14 heteroatoms. The minimum atomic E-state index is -0.254. The van der Waals surface area contributed by atoms with E-state index in [2.05, 4.69) is 354 Å². The lowest BCUT2D eigenvalue weighted by atomic mass is 9.82. The van der Waals surface area contributed by atoms with Gasteiger partial charge in [0, 0.05) is 116 Å². The third kappa shape index (κ3) is 23.6. The van der Waals surface area contributed by atoms with Gasteiger partial charge in [0.2, 0.25) is 11.8 Å². The van der Waals surface area contributed by atoms with Gasteiger partial charge in [0.15, 0.2) is 0 Å². The third-order valence-corrected chi connectivity index (χ3v) is 22.5. The molecule has 1 amide bonds. The number of fused-ring (bicyclic) bond motifs is 7. The van der Waals surface area contributed by atoms with E-state index in [0.29, 0.717) is 12.2 Å². The van der Waals surface area contributed by atoms with Crippen molar-refractivity contribution < 1.29 is 23.9 Å². The Balaban J connectivity index is 0.000000159. The summed E-state index contributed by atoms with van der Waals surface area (Å²) in [6, 6.07) is 64.6. The molecule has 8 aromatic carbocycles. The monoisotopic (exact) mass is 1600 g/mol. The summed E-state index contributed by atoms with van der Waals surface area (Å²) >= 11 is 0. The van der Waals surface area contributed by atoms with E-state index < -0.39 is 0 Å². The fourth-order valence-corrected chi connectivity index (χ4v) is 14.7. The number of hydrogen-bond acceptors (Lipinski definition) is 8. The average molecular weight is 1610 g/mol. The first-order valence-corrected chi connectivity index (χ1v) is 42.4. The zero-order valence-corrected chi connectivity index (χ0v) is 76.9. The van der Waals surface area contributed by atoms with Crippen molar-refractivity contribution in [2.24, 2.45) is 7.05 Å². The van der Waals surface area contributed by atoms with Gasteiger partial charge >= 0.3 is 5.97 Å². The van der Waals surface area contributed by atoms with Crippen LogP contribution in [0.2, 0.25) is 0 Å². The Hall–Kier alpha value is -10.7. The van der Waals surface area contributed by atoms with E-state index in [-0.39, 0.29) is 80.1 Å². The Labute approximate surface area is 710 Å². The lowest BCUT2D eigenvalue weighted by molar-refractivity contribution is -0.128. The van der Waals surface area contributed by atoms with Crippen LogP contribution in [0.15, 0.2) is 213 Å². The van der Waals surface area contributed by atoms with E-state index in [1.807, 2.05) is 55.7 Å². The van der Waals surface area contributed by atoms with E-state index in [9.17, 15) is 19.2 Å². The molecule has 14 nitrogen and oxygen atoms in total. The largest absolute Gasteiger partial charge is 0.462 e. The smallest absolute Gasteiger partial charge is 0.340 e. The quantitative estimate of drug-likeness (QED) is 0.110. The second-order valence-corrected chi connectivity index (χ2v) is 40.0. The van der Waals surface area contributed by atoms with Crippen LogP contribution < -0.4 is 16.0 Å². The number of rotatable bonds is 8. The van der Waals surface area contributed by atoms with Crippen LogP contribution >= 0.6 is 0 Å². The number of hydrogen-bond donors (Lipinski definition) is 4. The van der Waals surface area contributed by atoms with Crippen LogP contribution in [0.5, 0.6) is 0 Å². The highest BCUT2D eigenvalue weighted by Crippen LogP contribution is 2.40. The van der Waals surface area contributed by atoms with Gasteiger partial charge in [-0.15, -0.1) is 0 Å². The van der Waals surface area contributed by atoms with Gasteiger partial charge in [-0.2, -0.15) is 0 Å². The number of amides is 1. The molecule has 0 atom stereocenters. The molecule has 15 rings (SSSR count). The maximum absolute atomic E-state index is 12.5. The molecule has 0 fully saturated rings. The van der Waals surface area contributed by atoms with Crippen molar-refractivity contribution in [1.29, 1.82) is 0 Å². The summed E-state index contributed by atoms with van der Waals surface area (Å²) in [7, 11) is 5.44. The highest BCUT2D eigenvalue weighted by molar-refractivity contribution is 6.05. The molecule has 0 radical (unpaired) electrons. The molecule has 0 spiro atoms. The van der Waals surface area contributed by atoms with Crippen LogP contribution in [-0.2, 0) is 72.9 Å². The molecule has 2 aliphatic heterocycles. The molecule has 0 unspecified atom stereocenters. The zero-order valence-electron chi connectivity index (χ0n) is 76.9. The van der Waals surface area contributed by atoms with E-state index in [1.54, 1.807) is 36.4 Å². The van der Waals surface area contributed by atoms with E-state index >= 15 is 0 Å². The number of nitrogens with one attached hydrogen (secondary N) is 4. The van der Waals surface area contributed by atoms with Crippen LogP contribution in [0, 0.1) is 0 Å². The Morgan fingerprint density at radius 2 is 0.941 bits per heavy atom. The van der Waals surface area contributed by atoms with Crippen molar-refractivity contribution in [3.63, 3.8) is 0 Å². The van der Waals surface area contributed by atoms with Crippen LogP contribution in [0.25, 0.3) is 54.5 Å². The molecule has 0 bridgehead atoms. The molecule has 119 heavy (non-hydrogen) atoms. The van der Waals surface area contributed by atoms with E-state index in [4.69, 9.17) is 4.74 Å². The second kappa shape index (κ2) is 37.3. The molecule has 7 heterocycles. The first kappa shape index (κ1) is 92.2. The lowest BCUT2D eigenvalue weighted by Crippen LogP contribution is -2.38. The van der Waals surface area contributed by atoms with E-state index in [1.165, 1.54) is 94.6 Å². The number of benzene rings is 8. The summed E-state index contributed by atoms with van der Waals surface area (Å²) in [5.41, 5.74) is 23.3. The van der Waals surface area contributed by atoms with Crippen molar-refractivity contribution in [1.82, 2.24) is 33.5 Å². The number of aryl methyl sites for hydroxylation is 1. The number of carbonyl (C=O) groups is 4. The fraction of sp³-hybridized carbons (Fsp3) is 0.410. The number of esters is 1. The molecule has 2 aliphatic rings. The molecule has 0 saturated carbocycles. The number of aromatic amines is 1. The molecule has 632 valence electrons. The van der Waals surface area contributed by atoms with Crippen molar-refractivity contribution in [3.05, 3.63) is 274 Å². The van der Waals surface area contributed by atoms with Crippen LogP contribution in [0.1, 0.15) is 249 Å². The molecule has 13 aromatic rings. The van der Waals surface area contributed by atoms with Crippen molar-refractivity contribution in [2.75, 3.05) is 57.5 Å². The number of likely N-dealkylation sites (N-methyl/N-ethyl adjacent to an activating group) is 2. The Kier molecular flexibility index (Phi) is 28.9. The van der Waals surface area contributed by atoms with Crippen molar-refractivity contribution >= 4 is 89.6 Å². The summed E-state index contributed by atoms with van der Waals surface area (Å²) < 4.78 is 13.0. The van der Waals surface area contributed by atoms with Gasteiger partial charge in [-0.1, -0.05) is 275 Å². The van der Waals surface area contributed by atoms with Gasteiger partial charge < -0.3 is 39.7 Å². The third-order valence-electron chi connectivity index (χ3n) is 22.5. The summed E-state index contributed by atoms with van der Waals surface area (Å²) in [5.74, 6) is -0.415. The summed E-state index contributed by atoms with van der Waals surface area (Å²) in [4.78, 5) is 52.6. The van der Waals surface area contributed by atoms with Crippen LogP contribution in [0.3, 0.4) is 0 Å².